The Kier molecular flexibility index (Phi) is 7.93. The smallest absolute Gasteiger partial charge is 0.310 e. The first-order valence-corrected chi connectivity index (χ1v) is 9.49. The van der Waals surface area contributed by atoms with Crippen molar-refractivity contribution >= 4 is 23.5 Å². The van der Waals surface area contributed by atoms with E-state index in [-0.39, 0.29) is 37.6 Å². The lowest BCUT2D eigenvalue weighted by Gasteiger charge is -2.35. The first kappa shape index (κ1) is 22.1. The lowest BCUT2D eigenvalue weighted by atomic mass is 10.1. The lowest BCUT2D eigenvalue weighted by molar-refractivity contribution is -0.386. The third-order valence-electron chi connectivity index (χ3n) is 4.45. The maximum absolute atomic E-state index is 12.9. The SMILES string of the molecule is CCCCOC(=O)C[C@H]1C(=O)NCCN1C(=O)[C@@H](C)Oc1ccccc1[N+](=O)[O-]. The summed E-state index contributed by atoms with van der Waals surface area (Å²) in [7, 11) is 0. The number of carbonyl (C=O) groups is 3. The molecule has 0 unspecified atom stereocenters. The second-order valence-electron chi connectivity index (χ2n) is 6.60. The minimum Gasteiger partial charge on any atom is -0.474 e. The van der Waals surface area contributed by atoms with E-state index >= 15 is 0 Å². The van der Waals surface area contributed by atoms with Crippen molar-refractivity contribution in [3.8, 4) is 5.75 Å². The Balaban J connectivity index is 2.08. The third-order valence-corrected chi connectivity index (χ3v) is 4.45. The van der Waals surface area contributed by atoms with Gasteiger partial charge in [-0.2, -0.15) is 0 Å². The zero-order chi connectivity index (χ0) is 21.4. The number of unbranched alkanes of at least 4 members (excludes halogenated alkanes) is 1. The van der Waals surface area contributed by atoms with E-state index in [9.17, 15) is 24.5 Å². The number of nitrogens with zero attached hydrogens (tertiary/aromatic N) is 2. The van der Waals surface area contributed by atoms with E-state index in [2.05, 4.69) is 5.32 Å². The van der Waals surface area contributed by atoms with Gasteiger partial charge in [-0.1, -0.05) is 25.5 Å². The zero-order valence-corrected chi connectivity index (χ0v) is 16.5. The van der Waals surface area contributed by atoms with Gasteiger partial charge in [-0.25, -0.2) is 0 Å². The molecule has 0 bridgehead atoms. The number of amides is 2. The molecule has 1 heterocycles. The van der Waals surface area contributed by atoms with Gasteiger partial charge in [0.25, 0.3) is 5.91 Å². The summed E-state index contributed by atoms with van der Waals surface area (Å²) in [4.78, 5) is 49.0. The average molecular weight is 407 g/mol. The van der Waals surface area contributed by atoms with Crippen LogP contribution in [0.4, 0.5) is 5.69 Å². The molecule has 1 aliphatic heterocycles. The van der Waals surface area contributed by atoms with E-state index in [1.54, 1.807) is 6.07 Å². The highest BCUT2D eigenvalue weighted by atomic mass is 16.6. The lowest BCUT2D eigenvalue weighted by Crippen LogP contribution is -2.60. The summed E-state index contributed by atoms with van der Waals surface area (Å²) in [6.45, 7) is 4.10. The van der Waals surface area contributed by atoms with Gasteiger partial charge in [0.15, 0.2) is 11.9 Å². The Morgan fingerprint density at radius 3 is 2.79 bits per heavy atom. The topological polar surface area (TPSA) is 128 Å². The second-order valence-corrected chi connectivity index (χ2v) is 6.60. The number of carbonyl (C=O) groups excluding carboxylic acids is 3. The average Bonchev–Trinajstić information content (AvgIpc) is 2.69. The quantitative estimate of drug-likeness (QED) is 0.284. The third kappa shape index (κ3) is 5.90. The van der Waals surface area contributed by atoms with Crippen LogP contribution < -0.4 is 10.1 Å². The Morgan fingerprint density at radius 1 is 1.38 bits per heavy atom. The Morgan fingerprint density at radius 2 is 2.10 bits per heavy atom. The van der Waals surface area contributed by atoms with E-state index in [0.29, 0.717) is 6.42 Å². The molecule has 0 aliphatic carbocycles. The molecule has 0 spiro atoms. The van der Waals surface area contributed by atoms with Gasteiger partial charge < -0.3 is 19.7 Å². The first-order chi connectivity index (χ1) is 13.8. The molecule has 0 saturated carbocycles. The van der Waals surface area contributed by atoms with Crippen LogP contribution in [0.2, 0.25) is 0 Å². The van der Waals surface area contributed by atoms with Gasteiger partial charge in [-0.3, -0.25) is 24.5 Å². The number of nitro groups is 1. The van der Waals surface area contributed by atoms with E-state index in [0.717, 1.165) is 6.42 Å². The van der Waals surface area contributed by atoms with E-state index < -0.39 is 34.9 Å². The molecule has 1 saturated heterocycles. The monoisotopic (exact) mass is 407 g/mol. The number of esters is 1. The number of para-hydroxylation sites is 2. The van der Waals surface area contributed by atoms with Crippen LogP contribution in [0.15, 0.2) is 24.3 Å². The van der Waals surface area contributed by atoms with Crippen molar-refractivity contribution in [2.24, 2.45) is 0 Å². The molecular formula is C19H25N3O7. The highest BCUT2D eigenvalue weighted by Gasteiger charge is 2.37. The van der Waals surface area contributed by atoms with Crippen LogP contribution in [0.3, 0.4) is 0 Å². The molecule has 29 heavy (non-hydrogen) atoms. The molecule has 2 atom stereocenters. The molecule has 1 aromatic carbocycles. The number of nitro benzene ring substituents is 1. The highest BCUT2D eigenvalue weighted by molar-refractivity contribution is 5.93. The fraction of sp³-hybridized carbons (Fsp3) is 0.526. The van der Waals surface area contributed by atoms with Gasteiger partial charge in [0, 0.05) is 19.2 Å². The molecule has 1 aromatic rings. The van der Waals surface area contributed by atoms with Crippen LogP contribution in [-0.4, -0.2) is 59.4 Å². The minimum absolute atomic E-state index is 0.0460. The van der Waals surface area contributed by atoms with Gasteiger partial charge in [0.1, 0.15) is 6.04 Å². The molecule has 2 amide bonds. The van der Waals surface area contributed by atoms with Crippen LogP contribution in [0.25, 0.3) is 0 Å². The van der Waals surface area contributed by atoms with Crippen LogP contribution in [0.5, 0.6) is 5.75 Å². The predicted octanol–water partition coefficient (Wildman–Crippen LogP) is 1.42. The number of benzene rings is 1. The van der Waals surface area contributed by atoms with E-state index in [1.807, 2.05) is 6.92 Å². The van der Waals surface area contributed by atoms with Crippen molar-refractivity contribution in [3.63, 3.8) is 0 Å². The van der Waals surface area contributed by atoms with Crippen LogP contribution in [0, 0.1) is 10.1 Å². The molecule has 0 aromatic heterocycles. The maximum atomic E-state index is 12.9. The zero-order valence-electron chi connectivity index (χ0n) is 16.5. The Bertz CT molecular complexity index is 768. The number of rotatable bonds is 9. The Labute approximate surface area is 168 Å². The highest BCUT2D eigenvalue weighted by Crippen LogP contribution is 2.27. The largest absolute Gasteiger partial charge is 0.474 e. The molecule has 1 aliphatic rings. The number of hydrogen-bond acceptors (Lipinski definition) is 7. The van der Waals surface area contributed by atoms with Gasteiger partial charge in [-0.05, 0) is 19.4 Å². The fourth-order valence-corrected chi connectivity index (χ4v) is 2.91. The summed E-state index contributed by atoms with van der Waals surface area (Å²) in [6, 6.07) is 4.71. The molecular weight excluding hydrogens is 382 g/mol. The summed E-state index contributed by atoms with van der Waals surface area (Å²) < 4.78 is 10.6. The first-order valence-electron chi connectivity index (χ1n) is 9.49. The number of nitrogens with one attached hydrogen (secondary N) is 1. The van der Waals surface area contributed by atoms with Crippen molar-refractivity contribution < 1.29 is 28.8 Å². The van der Waals surface area contributed by atoms with Crippen LogP contribution in [-0.2, 0) is 19.1 Å². The second kappa shape index (κ2) is 10.4. The summed E-state index contributed by atoms with van der Waals surface area (Å²) in [5.41, 5.74) is -0.264. The van der Waals surface area contributed by atoms with E-state index in [1.165, 1.54) is 30.0 Å². The van der Waals surface area contributed by atoms with Gasteiger partial charge in [0.2, 0.25) is 5.91 Å². The normalized spacial score (nSPS) is 17.2. The van der Waals surface area contributed by atoms with Crippen molar-refractivity contribution in [3.05, 3.63) is 34.4 Å². The fourth-order valence-electron chi connectivity index (χ4n) is 2.91. The molecule has 158 valence electrons. The van der Waals surface area contributed by atoms with Crippen molar-refractivity contribution in [1.82, 2.24) is 10.2 Å². The summed E-state index contributed by atoms with van der Waals surface area (Å²) in [5.74, 6) is -1.60. The van der Waals surface area contributed by atoms with Gasteiger partial charge in [-0.15, -0.1) is 0 Å². The number of piperazine rings is 1. The van der Waals surface area contributed by atoms with Crippen LogP contribution >= 0.6 is 0 Å². The summed E-state index contributed by atoms with van der Waals surface area (Å²) in [5, 5.41) is 13.8. The van der Waals surface area contributed by atoms with Crippen molar-refractivity contribution in [2.75, 3.05) is 19.7 Å². The molecule has 10 nitrogen and oxygen atoms in total. The van der Waals surface area contributed by atoms with Crippen LogP contribution in [0.1, 0.15) is 33.1 Å². The maximum Gasteiger partial charge on any atom is 0.310 e. The summed E-state index contributed by atoms with van der Waals surface area (Å²) in [6.07, 6.45) is 0.230. The molecule has 1 N–H and O–H groups in total. The van der Waals surface area contributed by atoms with Crippen molar-refractivity contribution in [2.45, 2.75) is 45.3 Å². The summed E-state index contributed by atoms with van der Waals surface area (Å²) >= 11 is 0. The van der Waals surface area contributed by atoms with Gasteiger partial charge in [0.05, 0.1) is 18.0 Å². The molecule has 1 fully saturated rings. The minimum atomic E-state index is -1.08. The Hall–Kier alpha value is -3.17. The number of hydrogen-bond donors (Lipinski definition) is 1. The number of ether oxygens (including phenoxy) is 2. The van der Waals surface area contributed by atoms with E-state index in [4.69, 9.17) is 9.47 Å². The predicted molar refractivity (Wildman–Crippen MR) is 102 cm³/mol. The van der Waals surface area contributed by atoms with Gasteiger partial charge >= 0.3 is 11.7 Å². The van der Waals surface area contributed by atoms with Crippen molar-refractivity contribution in [1.29, 1.82) is 0 Å². The standard InChI is InChI=1S/C19H25N3O7/c1-3-4-11-28-17(23)12-15-18(24)20-9-10-21(15)19(25)13(2)29-16-8-6-5-7-14(16)22(26)27/h5-8,13,15H,3-4,9-12H2,1-2H3,(H,20,24)/t13-,15+/m1/s1. The molecule has 2 rings (SSSR count). The molecule has 10 heteroatoms. The molecule has 0 radical (unpaired) electrons.